The van der Waals surface area contributed by atoms with Gasteiger partial charge in [-0.25, -0.2) is 8.78 Å². The number of rotatable bonds is 3. The van der Waals surface area contributed by atoms with Crippen LogP contribution < -0.4 is 5.73 Å². The minimum atomic E-state index is -1.14. The third-order valence-electron chi connectivity index (χ3n) is 2.98. The lowest BCUT2D eigenvalue weighted by Crippen LogP contribution is -2.23. The monoisotopic (exact) mass is 261 g/mol. The molecular formula is C15H13F2NO. The number of halogens is 2. The Morgan fingerprint density at radius 2 is 1.68 bits per heavy atom. The standard InChI is InChI=1S/C15H13F2NO/c1-9-7-8-11(13(17)12(9)16)15(19)14(18)10-5-3-2-4-6-10/h2-8,14H,18H2,1H3/t14-/m1/s1. The van der Waals surface area contributed by atoms with Crippen LogP contribution in [0.2, 0.25) is 0 Å². The molecule has 19 heavy (non-hydrogen) atoms. The topological polar surface area (TPSA) is 43.1 Å². The van der Waals surface area contributed by atoms with Gasteiger partial charge in [0.1, 0.15) is 0 Å². The maximum atomic E-state index is 13.7. The number of carbonyl (C=O) groups excluding carboxylic acids is 1. The van der Waals surface area contributed by atoms with E-state index in [0.717, 1.165) is 0 Å². The minimum absolute atomic E-state index is 0.155. The maximum Gasteiger partial charge on any atom is 0.187 e. The Morgan fingerprint density at radius 1 is 1.05 bits per heavy atom. The summed E-state index contributed by atoms with van der Waals surface area (Å²) in [6, 6.07) is 10.2. The van der Waals surface area contributed by atoms with Crippen molar-refractivity contribution in [1.29, 1.82) is 0 Å². The molecule has 4 heteroatoms. The molecule has 0 radical (unpaired) electrons. The summed E-state index contributed by atoms with van der Waals surface area (Å²) in [5.41, 5.74) is 6.19. The summed E-state index contributed by atoms with van der Waals surface area (Å²) in [4.78, 5) is 12.1. The summed E-state index contributed by atoms with van der Waals surface area (Å²) in [7, 11) is 0. The Morgan fingerprint density at radius 3 is 2.32 bits per heavy atom. The molecule has 0 aliphatic carbocycles. The van der Waals surface area contributed by atoms with Crippen LogP contribution in [0.1, 0.15) is 27.5 Å². The van der Waals surface area contributed by atoms with Gasteiger partial charge in [0.25, 0.3) is 0 Å². The molecule has 2 N–H and O–H groups in total. The molecule has 0 aromatic heterocycles. The second-order valence-electron chi connectivity index (χ2n) is 4.31. The molecule has 2 aromatic rings. The Balaban J connectivity index is 2.38. The minimum Gasteiger partial charge on any atom is -0.318 e. The van der Waals surface area contributed by atoms with Gasteiger partial charge < -0.3 is 5.73 Å². The van der Waals surface area contributed by atoms with Crippen molar-refractivity contribution in [3.05, 3.63) is 70.8 Å². The molecule has 0 saturated heterocycles. The van der Waals surface area contributed by atoms with E-state index in [-0.39, 0.29) is 11.1 Å². The number of hydrogen-bond acceptors (Lipinski definition) is 2. The van der Waals surface area contributed by atoms with E-state index in [9.17, 15) is 13.6 Å². The highest BCUT2D eigenvalue weighted by Gasteiger charge is 2.23. The van der Waals surface area contributed by atoms with Crippen LogP contribution in [-0.2, 0) is 0 Å². The molecule has 0 unspecified atom stereocenters. The normalized spacial score (nSPS) is 12.2. The Labute approximate surface area is 109 Å². The predicted octanol–water partition coefficient (Wildman–Crippen LogP) is 3.16. The summed E-state index contributed by atoms with van der Waals surface area (Å²) < 4.78 is 27.2. The first-order valence-electron chi connectivity index (χ1n) is 5.81. The van der Waals surface area contributed by atoms with Gasteiger partial charge in [-0.15, -0.1) is 0 Å². The first kappa shape index (κ1) is 13.4. The summed E-state index contributed by atoms with van der Waals surface area (Å²) in [5.74, 6) is -2.79. The van der Waals surface area contributed by atoms with E-state index >= 15 is 0 Å². The second kappa shape index (κ2) is 5.28. The zero-order chi connectivity index (χ0) is 14.0. The van der Waals surface area contributed by atoms with E-state index in [4.69, 9.17) is 5.73 Å². The first-order chi connectivity index (χ1) is 9.02. The lowest BCUT2D eigenvalue weighted by atomic mass is 9.97. The number of benzene rings is 2. The molecule has 98 valence electrons. The molecule has 0 bridgehead atoms. The maximum absolute atomic E-state index is 13.7. The second-order valence-corrected chi connectivity index (χ2v) is 4.31. The number of aryl methyl sites for hydroxylation is 1. The van der Waals surface area contributed by atoms with E-state index in [1.54, 1.807) is 30.3 Å². The van der Waals surface area contributed by atoms with Crippen molar-refractivity contribution in [2.75, 3.05) is 0 Å². The smallest absolute Gasteiger partial charge is 0.187 e. The number of ketones is 1. The number of hydrogen-bond donors (Lipinski definition) is 1. The van der Waals surface area contributed by atoms with E-state index in [1.807, 2.05) is 0 Å². The van der Waals surface area contributed by atoms with E-state index < -0.39 is 23.5 Å². The highest BCUT2D eigenvalue weighted by Crippen LogP contribution is 2.21. The van der Waals surface area contributed by atoms with Crippen molar-refractivity contribution < 1.29 is 13.6 Å². The molecule has 0 fully saturated rings. The third-order valence-corrected chi connectivity index (χ3v) is 2.98. The van der Waals surface area contributed by atoms with Gasteiger partial charge in [-0.3, -0.25) is 4.79 Å². The molecular weight excluding hydrogens is 248 g/mol. The third kappa shape index (κ3) is 2.53. The van der Waals surface area contributed by atoms with Gasteiger partial charge in [-0.1, -0.05) is 36.4 Å². The summed E-state index contributed by atoms with van der Waals surface area (Å²) in [6.45, 7) is 1.43. The van der Waals surface area contributed by atoms with Crippen molar-refractivity contribution in [2.45, 2.75) is 13.0 Å². The fourth-order valence-electron chi connectivity index (χ4n) is 1.82. The zero-order valence-corrected chi connectivity index (χ0v) is 10.4. The van der Waals surface area contributed by atoms with Gasteiger partial charge in [-0.2, -0.15) is 0 Å². The molecule has 2 nitrogen and oxygen atoms in total. The lowest BCUT2D eigenvalue weighted by molar-refractivity contribution is 0.0956. The van der Waals surface area contributed by atoms with Gasteiger partial charge in [0, 0.05) is 0 Å². The number of Topliss-reactive ketones (excluding diaryl/α,β-unsaturated/α-hetero) is 1. The van der Waals surface area contributed by atoms with Gasteiger partial charge in [0.15, 0.2) is 17.4 Å². The molecule has 0 amide bonds. The fourth-order valence-corrected chi connectivity index (χ4v) is 1.82. The average Bonchev–Trinajstić information content (AvgIpc) is 2.44. The van der Waals surface area contributed by atoms with Crippen molar-refractivity contribution in [3.63, 3.8) is 0 Å². The van der Waals surface area contributed by atoms with Crippen LogP contribution in [0.25, 0.3) is 0 Å². The Kier molecular flexibility index (Phi) is 3.71. The highest BCUT2D eigenvalue weighted by molar-refractivity contribution is 6.00. The Hall–Kier alpha value is -2.07. The molecule has 2 rings (SSSR count). The van der Waals surface area contributed by atoms with Gasteiger partial charge in [0.05, 0.1) is 11.6 Å². The van der Waals surface area contributed by atoms with Crippen molar-refractivity contribution in [2.24, 2.45) is 5.73 Å². The van der Waals surface area contributed by atoms with Gasteiger partial charge in [0.2, 0.25) is 0 Å². The quantitative estimate of drug-likeness (QED) is 0.862. The van der Waals surface area contributed by atoms with Crippen LogP contribution in [0, 0.1) is 18.6 Å². The van der Waals surface area contributed by atoms with E-state index in [1.165, 1.54) is 19.1 Å². The van der Waals surface area contributed by atoms with Crippen LogP contribution in [0.15, 0.2) is 42.5 Å². The van der Waals surface area contributed by atoms with Gasteiger partial charge in [-0.05, 0) is 24.1 Å². The van der Waals surface area contributed by atoms with Crippen LogP contribution in [0.3, 0.4) is 0 Å². The SMILES string of the molecule is Cc1ccc(C(=O)[C@H](N)c2ccccc2)c(F)c1F. The fraction of sp³-hybridized carbons (Fsp3) is 0.133. The van der Waals surface area contributed by atoms with Crippen LogP contribution in [0.5, 0.6) is 0 Å². The lowest BCUT2D eigenvalue weighted by Gasteiger charge is -2.12. The van der Waals surface area contributed by atoms with Crippen molar-refractivity contribution in [3.8, 4) is 0 Å². The van der Waals surface area contributed by atoms with Crippen molar-refractivity contribution >= 4 is 5.78 Å². The number of nitrogens with two attached hydrogens (primary N) is 1. The summed E-state index contributed by atoms with van der Waals surface area (Å²) >= 11 is 0. The average molecular weight is 261 g/mol. The Bertz CT molecular complexity index is 611. The molecule has 0 saturated carbocycles. The molecule has 0 aliphatic heterocycles. The molecule has 0 aliphatic rings. The van der Waals surface area contributed by atoms with Crippen LogP contribution in [0.4, 0.5) is 8.78 Å². The van der Waals surface area contributed by atoms with Gasteiger partial charge >= 0.3 is 0 Å². The molecule has 0 heterocycles. The van der Waals surface area contributed by atoms with Crippen LogP contribution >= 0.6 is 0 Å². The van der Waals surface area contributed by atoms with E-state index in [0.29, 0.717) is 5.56 Å². The van der Waals surface area contributed by atoms with Crippen molar-refractivity contribution in [1.82, 2.24) is 0 Å². The van der Waals surface area contributed by atoms with E-state index in [2.05, 4.69) is 0 Å². The first-order valence-corrected chi connectivity index (χ1v) is 5.81. The largest absolute Gasteiger partial charge is 0.318 e. The predicted molar refractivity (Wildman–Crippen MR) is 68.8 cm³/mol. The number of carbonyl (C=O) groups is 1. The molecule has 2 aromatic carbocycles. The zero-order valence-electron chi connectivity index (χ0n) is 10.4. The molecule has 1 atom stereocenters. The summed E-state index contributed by atoms with van der Waals surface area (Å²) in [6.07, 6.45) is 0. The molecule has 0 spiro atoms. The van der Waals surface area contributed by atoms with Crippen LogP contribution in [-0.4, -0.2) is 5.78 Å². The summed E-state index contributed by atoms with van der Waals surface area (Å²) in [5, 5.41) is 0. The highest BCUT2D eigenvalue weighted by atomic mass is 19.2.